The van der Waals surface area contributed by atoms with Crippen molar-refractivity contribution in [2.75, 3.05) is 10.5 Å². The SMILES string of the molecule is C=C(c1cccc(NS(=O)(=O)CC(F)(F)F)c1)c1cnc[nH]1.O=C(O)/C=C\C(=O)O. The number of imidazole rings is 1. The first kappa shape index (κ1) is 24.4. The molecule has 162 valence electrons. The van der Waals surface area contributed by atoms with Crippen molar-refractivity contribution in [2.24, 2.45) is 0 Å². The number of rotatable bonds is 7. The number of aromatic nitrogens is 2. The lowest BCUT2D eigenvalue weighted by molar-refractivity contribution is -0.134. The third-order valence-corrected chi connectivity index (χ3v) is 4.28. The van der Waals surface area contributed by atoms with Gasteiger partial charge in [0.15, 0.2) is 5.75 Å². The van der Waals surface area contributed by atoms with E-state index in [0.717, 1.165) is 0 Å². The maximum absolute atomic E-state index is 12.2. The molecule has 0 aliphatic carbocycles. The lowest BCUT2D eigenvalue weighted by Crippen LogP contribution is -2.27. The summed E-state index contributed by atoms with van der Waals surface area (Å²) in [5.41, 5.74) is 1.74. The van der Waals surface area contributed by atoms with Crippen molar-refractivity contribution >= 4 is 33.2 Å². The molecule has 1 heterocycles. The standard InChI is InChI=1S/C13H12F3N3O2S.C4H4O4/c1-9(12-6-17-8-18-12)10-3-2-4-11(5-10)19-22(20,21)7-13(14,15)16;5-3(6)1-2-4(7)8/h2-6,8,19H,1,7H2,(H,17,18);1-2H,(H,5,6)(H,7,8)/b;2-1-. The van der Waals surface area contributed by atoms with Crippen molar-refractivity contribution in [3.63, 3.8) is 0 Å². The quantitative estimate of drug-likeness (QED) is 0.476. The number of hydrogen-bond donors (Lipinski definition) is 4. The van der Waals surface area contributed by atoms with Gasteiger partial charge >= 0.3 is 18.1 Å². The highest BCUT2D eigenvalue weighted by Crippen LogP contribution is 2.24. The molecular weight excluding hydrogens is 431 g/mol. The van der Waals surface area contributed by atoms with Gasteiger partial charge in [0.1, 0.15) is 0 Å². The monoisotopic (exact) mass is 447 g/mol. The van der Waals surface area contributed by atoms with E-state index in [1.807, 2.05) is 4.72 Å². The van der Waals surface area contributed by atoms with E-state index in [-0.39, 0.29) is 5.69 Å². The first-order valence-electron chi connectivity index (χ1n) is 7.78. The molecule has 30 heavy (non-hydrogen) atoms. The Morgan fingerprint density at radius 3 is 2.27 bits per heavy atom. The lowest BCUT2D eigenvalue weighted by Gasteiger charge is -2.11. The summed E-state index contributed by atoms with van der Waals surface area (Å²) in [7, 11) is -4.51. The van der Waals surface area contributed by atoms with Crippen LogP contribution < -0.4 is 4.72 Å². The Morgan fingerprint density at radius 1 is 1.20 bits per heavy atom. The molecule has 1 aromatic heterocycles. The predicted molar refractivity (Wildman–Crippen MR) is 101 cm³/mol. The summed E-state index contributed by atoms with van der Waals surface area (Å²) in [5.74, 6) is -4.45. The zero-order valence-corrected chi connectivity index (χ0v) is 15.9. The van der Waals surface area contributed by atoms with Crippen LogP contribution in [0.4, 0.5) is 18.9 Å². The third kappa shape index (κ3) is 9.54. The van der Waals surface area contributed by atoms with E-state index in [9.17, 15) is 31.2 Å². The molecule has 4 N–H and O–H groups in total. The number of anilines is 1. The molecular formula is C17H16F3N3O6S. The van der Waals surface area contributed by atoms with Crippen LogP contribution >= 0.6 is 0 Å². The Kier molecular flexibility index (Phi) is 8.34. The molecule has 0 amide bonds. The number of nitrogens with zero attached hydrogens (tertiary/aromatic N) is 1. The van der Waals surface area contributed by atoms with E-state index in [1.54, 1.807) is 6.07 Å². The fourth-order valence-electron chi connectivity index (χ4n) is 1.92. The minimum Gasteiger partial charge on any atom is -0.478 e. The van der Waals surface area contributed by atoms with Gasteiger partial charge in [-0.3, -0.25) is 4.72 Å². The number of nitrogens with one attached hydrogen (secondary N) is 2. The maximum Gasteiger partial charge on any atom is 0.404 e. The van der Waals surface area contributed by atoms with E-state index in [0.29, 0.717) is 29.0 Å². The Morgan fingerprint density at radius 2 is 1.80 bits per heavy atom. The number of H-pyrrole nitrogens is 1. The molecule has 0 saturated heterocycles. The van der Waals surface area contributed by atoms with Gasteiger partial charge < -0.3 is 15.2 Å². The van der Waals surface area contributed by atoms with Gasteiger partial charge in [-0.25, -0.2) is 23.0 Å². The minimum atomic E-state index is -4.80. The Bertz CT molecular complexity index is 1020. The lowest BCUT2D eigenvalue weighted by atomic mass is 10.0. The van der Waals surface area contributed by atoms with Gasteiger partial charge in [0.25, 0.3) is 0 Å². The van der Waals surface area contributed by atoms with E-state index < -0.39 is 33.9 Å². The van der Waals surface area contributed by atoms with Gasteiger partial charge in [0.2, 0.25) is 10.0 Å². The van der Waals surface area contributed by atoms with E-state index in [1.165, 1.54) is 30.7 Å². The molecule has 0 radical (unpaired) electrons. The van der Waals surface area contributed by atoms with E-state index in [2.05, 4.69) is 16.5 Å². The second-order valence-electron chi connectivity index (χ2n) is 5.51. The van der Waals surface area contributed by atoms with Crippen LogP contribution in [0.15, 0.2) is 55.5 Å². The summed E-state index contributed by atoms with van der Waals surface area (Å²) >= 11 is 0. The van der Waals surface area contributed by atoms with Crippen LogP contribution in [0.3, 0.4) is 0 Å². The summed E-state index contributed by atoms with van der Waals surface area (Å²) in [6, 6.07) is 5.93. The summed E-state index contributed by atoms with van der Waals surface area (Å²) in [6.45, 7) is 3.84. The molecule has 0 aliphatic heterocycles. The third-order valence-electron chi connectivity index (χ3n) is 3.03. The summed E-state index contributed by atoms with van der Waals surface area (Å²) < 4.78 is 61.4. The number of hydrogen-bond acceptors (Lipinski definition) is 5. The summed E-state index contributed by atoms with van der Waals surface area (Å²) in [6.07, 6.45) is -0.702. The zero-order valence-electron chi connectivity index (χ0n) is 15.0. The normalized spacial score (nSPS) is 11.4. The number of aliphatic carboxylic acids is 2. The summed E-state index contributed by atoms with van der Waals surface area (Å²) in [4.78, 5) is 25.8. The van der Waals surface area contributed by atoms with Crippen LogP contribution in [0.25, 0.3) is 5.57 Å². The minimum absolute atomic E-state index is 0.0300. The Labute approximate surface area is 168 Å². The van der Waals surface area contributed by atoms with Gasteiger partial charge in [-0.05, 0) is 23.3 Å². The average Bonchev–Trinajstić information content (AvgIpc) is 3.12. The number of carboxylic acids is 2. The predicted octanol–water partition coefficient (Wildman–Crippen LogP) is 2.49. The van der Waals surface area contributed by atoms with Crippen LogP contribution in [0.1, 0.15) is 11.3 Å². The molecule has 13 heteroatoms. The van der Waals surface area contributed by atoms with Crippen molar-refractivity contribution < 1.29 is 41.4 Å². The van der Waals surface area contributed by atoms with Gasteiger partial charge in [-0.15, -0.1) is 0 Å². The van der Waals surface area contributed by atoms with E-state index >= 15 is 0 Å². The van der Waals surface area contributed by atoms with Gasteiger partial charge in [-0.1, -0.05) is 18.7 Å². The van der Waals surface area contributed by atoms with Crippen LogP contribution in [-0.4, -0.2) is 52.5 Å². The molecule has 0 saturated carbocycles. The fraction of sp³-hybridized carbons (Fsp3) is 0.118. The molecule has 0 bridgehead atoms. The van der Waals surface area contributed by atoms with Crippen molar-refractivity contribution in [3.8, 4) is 0 Å². The van der Waals surface area contributed by atoms with Crippen molar-refractivity contribution in [1.29, 1.82) is 0 Å². The number of benzene rings is 1. The van der Waals surface area contributed by atoms with E-state index in [4.69, 9.17) is 10.2 Å². The smallest absolute Gasteiger partial charge is 0.404 e. The van der Waals surface area contributed by atoms with Crippen LogP contribution in [0, 0.1) is 0 Å². The first-order valence-corrected chi connectivity index (χ1v) is 9.43. The molecule has 2 aromatic rings. The number of carbonyl (C=O) groups is 2. The molecule has 0 aliphatic rings. The topological polar surface area (TPSA) is 149 Å². The number of carboxylic acid groups (broad SMARTS) is 2. The van der Waals surface area contributed by atoms with Gasteiger partial charge in [0, 0.05) is 17.8 Å². The summed E-state index contributed by atoms with van der Waals surface area (Å²) in [5, 5.41) is 15.6. The molecule has 9 nitrogen and oxygen atoms in total. The zero-order chi connectivity index (χ0) is 22.9. The Hall–Kier alpha value is -3.61. The molecule has 0 atom stereocenters. The number of aromatic amines is 1. The number of halogens is 3. The van der Waals surface area contributed by atoms with Crippen molar-refractivity contribution in [3.05, 3.63) is 66.8 Å². The average molecular weight is 447 g/mol. The second-order valence-corrected chi connectivity index (χ2v) is 7.23. The fourth-order valence-corrected chi connectivity index (χ4v) is 2.91. The highest BCUT2D eigenvalue weighted by atomic mass is 32.2. The van der Waals surface area contributed by atoms with Gasteiger partial charge in [0.05, 0.1) is 18.2 Å². The molecule has 0 spiro atoms. The largest absolute Gasteiger partial charge is 0.478 e. The molecule has 0 unspecified atom stereocenters. The molecule has 2 rings (SSSR count). The highest BCUT2D eigenvalue weighted by molar-refractivity contribution is 7.92. The first-order chi connectivity index (χ1) is 13.8. The van der Waals surface area contributed by atoms with Crippen molar-refractivity contribution in [1.82, 2.24) is 9.97 Å². The van der Waals surface area contributed by atoms with Crippen LogP contribution in [0.2, 0.25) is 0 Å². The van der Waals surface area contributed by atoms with Crippen LogP contribution in [0.5, 0.6) is 0 Å². The Balaban J connectivity index is 0.000000479. The van der Waals surface area contributed by atoms with Gasteiger partial charge in [-0.2, -0.15) is 13.2 Å². The molecule has 1 aromatic carbocycles. The maximum atomic E-state index is 12.2. The number of sulfonamides is 1. The number of alkyl halides is 3. The van der Waals surface area contributed by atoms with Crippen molar-refractivity contribution in [2.45, 2.75) is 6.18 Å². The highest BCUT2D eigenvalue weighted by Gasteiger charge is 2.35. The van der Waals surface area contributed by atoms with Crippen LogP contribution in [-0.2, 0) is 19.6 Å². The second kappa shape index (κ2) is 10.2. The molecule has 0 fully saturated rings.